The van der Waals surface area contributed by atoms with Crippen molar-refractivity contribution >= 4 is 0 Å². The minimum absolute atomic E-state index is 0.621. The average Bonchev–Trinajstić information content (AvgIpc) is 2.28. The van der Waals surface area contributed by atoms with E-state index in [2.05, 4.69) is 37.8 Å². The van der Waals surface area contributed by atoms with E-state index in [1.54, 1.807) is 0 Å². The molecule has 2 nitrogen and oxygen atoms in total. The Balaban J connectivity index is 4.69. The molecule has 2 heteroatoms. The quantitative estimate of drug-likeness (QED) is 0.448. The fourth-order valence-corrected chi connectivity index (χ4v) is 1.79. The summed E-state index contributed by atoms with van der Waals surface area (Å²) in [5, 5.41) is 0. The second kappa shape index (κ2) is 7.48. The zero-order chi connectivity index (χ0) is 14.1. The Kier molecular flexibility index (Phi) is 6.71. The van der Waals surface area contributed by atoms with E-state index in [1.165, 1.54) is 0 Å². The molecule has 94 valence electrons. The van der Waals surface area contributed by atoms with Gasteiger partial charge in [0, 0.05) is 0 Å². The summed E-state index contributed by atoms with van der Waals surface area (Å²) in [6, 6.07) is 0. The average molecular weight is 242 g/mol. The Morgan fingerprint density at radius 1 is 0.611 bits per heavy atom. The summed E-state index contributed by atoms with van der Waals surface area (Å²) in [7, 11) is 4.13. The molecule has 0 aromatic heterocycles. The number of terminal acetylenes is 4. The largest absolute Gasteiger partial charge is 0.301 e. The molecule has 0 spiro atoms. The molecule has 0 unspecified atom stereocenters. The molecule has 0 aliphatic carbocycles. The lowest BCUT2D eigenvalue weighted by atomic mass is 10.3. The maximum Gasteiger partial charge on any atom is 0.141 e. The van der Waals surface area contributed by atoms with Crippen molar-refractivity contribution in [2.45, 2.75) is 0 Å². The van der Waals surface area contributed by atoms with Crippen molar-refractivity contribution < 1.29 is 8.97 Å². The summed E-state index contributed by atoms with van der Waals surface area (Å²) in [4.78, 5) is 0. The van der Waals surface area contributed by atoms with Gasteiger partial charge in [0.2, 0.25) is 0 Å². The van der Waals surface area contributed by atoms with Crippen LogP contribution in [-0.4, -0.2) is 62.3 Å². The van der Waals surface area contributed by atoms with E-state index < -0.39 is 0 Å². The van der Waals surface area contributed by atoms with Crippen molar-refractivity contribution in [3.05, 3.63) is 0 Å². The van der Waals surface area contributed by atoms with Crippen LogP contribution in [0.25, 0.3) is 0 Å². The lowest BCUT2D eigenvalue weighted by molar-refractivity contribution is -0.951. The molecule has 0 amide bonds. The Hall–Kier alpha value is -1.84. The van der Waals surface area contributed by atoms with Gasteiger partial charge in [-0.15, -0.1) is 25.7 Å². The van der Waals surface area contributed by atoms with Crippen molar-refractivity contribution in [1.29, 1.82) is 0 Å². The van der Waals surface area contributed by atoms with Crippen LogP contribution < -0.4 is 0 Å². The third-order valence-corrected chi connectivity index (χ3v) is 3.07. The van der Waals surface area contributed by atoms with Gasteiger partial charge < -0.3 is 8.97 Å². The fourth-order valence-electron chi connectivity index (χ4n) is 1.79. The lowest BCUT2D eigenvalue weighted by Gasteiger charge is -2.36. The first-order valence-electron chi connectivity index (χ1n) is 5.86. The first kappa shape index (κ1) is 16.2. The van der Waals surface area contributed by atoms with Crippen LogP contribution in [0.2, 0.25) is 0 Å². The van der Waals surface area contributed by atoms with Gasteiger partial charge in [-0.3, -0.25) is 0 Å². The maximum absolute atomic E-state index is 5.40. The number of likely N-dealkylation sites (N-methyl/N-ethyl adjacent to an activating group) is 2. The molecule has 0 saturated heterocycles. The van der Waals surface area contributed by atoms with Crippen molar-refractivity contribution in [2.24, 2.45) is 0 Å². The predicted octanol–water partition coefficient (Wildman–Crippen LogP) is 0.412. The van der Waals surface area contributed by atoms with Crippen molar-refractivity contribution in [3.8, 4) is 49.4 Å². The Labute approximate surface area is 112 Å². The molecular formula is C16H22N2+2. The Morgan fingerprint density at radius 3 is 1.00 bits per heavy atom. The smallest absolute Gasteiger partial charge is 0.141 e. The number of rotatable bonds is 7. The van der Waals surface area contributed by atoms with Crippen molar-refractivity contribution in [3.63, 3.8) is 0 Å². The van der Waals surface area contributed by atoms with Crippen molar-refractivity contribution in [2.75, 3.05) is 53.4 Å². The summed E-state index contributed by atoms with van der Waals surface area (Å²) in [6.07, 6.45) is 21.6. The molecule has 18 heavy (non-hydrogen) atoms. The van der Waals surface area contributed by atoms with E-state index in [4.69, 9.17) is 25.7 Å². The van der Waals surface area contributed by atoms with Crippen LogP contribution in [0.5, 0.6) is 0 Å². The molecule has 0 radical (unpaired) electrons. The molecule has 0 bridgehead atoms. The van der Waals surface area contributed by atoms with E-state index in [0.29, 0.717) is 35.1 Å². The molecule has 0 heterocycles. The third-order valence-electron chi connectivity index (χ3n) is 3.07. The minimum atomic E-state index is 0.621. The van der Waals surface area contributed by atoms with E-state index in [-0.39, 0.29) is 0 Å². The highest BCUT2D eigenvalue weighted by atomic mass is 15.4. The van der Waals surface area contributed by atoms with Crippen LogP contribution in [0.3, 0.4) is 0 Å². The molecule has 0 N–H and O–H groups in total. The van der Waals surface area contributed by atoms with E-state index in [0.717, 1.165) is 13.1 Å². The van der Waals surface area contributed by atoms with Gasteiger partial charge in [-0.05, 0) is 23.7 Å². The molecule has 0 rings (SSSR count). The summed E-state index contributed by atoms with van der Waals surface area (Å²) in [6.45, 7) is 4.22. The predicted molar refractivity (Wildman–Crippen MR) is 76.9 cm³/mol. The van der Waals surface area contributed by atoms with Gasteiger partial charge in [-0.2, -0.15) is 0 Å². The van der Waals surface area contributed by atoms with Crippen LogP contribution in [-0.2, 0) is 0 Å². The fraction of sp³-hybridized carbons (Fsp3) is 0.500. The number of hydrogen-bond donors (Lipinski definition) is 0. The molecule has 0 aliphatic heterocycles. The van der Waals surface area contributed by atoms with Crippen molar-refractivity contribution in [1.82, 2.24) is 0 Å². The van der Waals surface area contributed by atoms with Gasteiger partial charge in [0.25, 0.3) is 0 Å². The lowest BCUT2D eigenvalue weighted by Crippen LogP contribution is -2.55. The van der Waals surface area contributed by atoms with Crippen LogP contribution in [0, 0.1) is 49.4 Å². The summed E-state index contributed by atoms with van der Waals surface area (Å²) >= 11 is 0. The molecule has 0 saturated carbocycles. The molecular weight excluding hydrogens is 220 g/mol. The molecule has 0 aromatic carbocycles. The highest BCUT2D eigenvalue weighted by Gasteiger charge is 2.26. The number of hydrogen-bond acceptors (Lipinski definition) is 0. The molecule has 0 aliphatic rings. The normalized spacial score (nSPS) is 10.8. The van der Waals surface area contributed by atoms with E-state index in [1.807, 2.05) is 0 Å². The van der Waals surface area contributed by atoms with Crippen LogP contribution in [0.4, 0.5) is 0 Å². The van der Waals surface area contributed by atoms with Gasteiger partial charge in [0.15, 0.2) is 0 Å². The van der Waals surface area contributed by atoms with E-state index >= 15 is 0 Å². The van der Waals surface area contributed by atoms with Crippen LogP contribution in [0.1, 0.15) is 0 Å². The highest BCUT2D eigenvalue weighted by molar-refractivity contribution is 4.89. The first-order valence-corrected chi connectivity index (χ1v) is 5.86. The molecule has 0 aromatic rings. The zero-order valence-electron chi connectivity index (χ0n) is 11.4. The standard InChI is InChI=1S/C16H22N2/c1-7-11-17(5,12-8-2)15-16-18(6,13-9-3)14-10-4/h1-4H,11-16H2,5-6H3/q+2. The summed E-state index contributed by atoms with van der Waals surface area (Å²) in [5.41, 5.74) is 0. The van der Waals surface area contributed by atoms with Crippen LogP contribution in [0.15, 0.2) is 0 Å². The van der Waals surface area contributed by atoms with Gasteiger partial charge in [-0.25, -0.2) is 0 Å². The first-order chi connectivity index (χ1) is 8.45. The second-order valence-electron chi connectivity index (χ2n) is 5.14. The monoisotopic (exact) mass is 242 g/mol. The SMILES string of the molecule is C#CC[N+](C)(CC#C)CC[N+](C)(CC#C)CC#C. The van der Waals surface area contributed by atoms with E-state index in [9.17, 15) is 0 Å². The topological polar surface area (TPSA) is 0 Å². The van der Waals surface area contributed by atoms with Gasteiger partial charge in [0.05, 0.1) is 14.1 Å². The van der Waals surface area contributed by atoms with Gasteiger partial charge in [-0.1, -0.05) is 0 Å². The Bertz CT molecular complexity index is 346. The maximum atomic E-state index is 5.40. The summed E-state index contributed by atoms with van der Waals surface area (Å²) in [5.74, 6) is 10.7. The summed E-state index contributed by atoms with van der Waals surface area (Å²) < 4.78 is 1.33. The molecule has 0 atom stereocenters. The Morgan fingerprint density at radius 2 is 0.833 bits per heavy atom. The third kappa shape index (κ3) is 5.48. The molecule has 0 fully saturated rings. The van der Waals surface area contributed by atoms with Crippen LogP contribution >= 0.6 is 0 Å². The minimum Gasteiger partial charge on any atom is -0.301 e. The number of quaternary nitrogens is 2. The second-order valence-corrected chi connectivity index (χ2v) is 5.14. The van der Waals surface area contributed by atoms with Gasteiger partial charge >= 0.3 is 0 Å². The van der Waals surface area contributed by atoms with Gasteiger partial charge in [0.1, 0.15) is 39.3 Å². The number of nitrogens with zero attached hydrogens (tertiary/aromatic N) is 2. The zero-order valence-corrected chi connectivity index (χ0v) is 11.4. The highest BCUT2D eigenvalue weighted by Crippen LogP contribution is 2.06.